The Labute approximate surface area is 129 Å². The number of rotatable bonds is 3. The van der Waals surface area contributed by atoms with Gasteiger partial charge in [-0.2, -0.15) is 5.10 Å². The Kier molecular flexibility index (Phi) is 3.56. The summed E-state index contributed by atoms with van der Waals surface area (Å²) in [4.78, 5) is 23.0. The lowest BCUT2D eigenvalue weighted by molar-refractivity contribution is -0.117. The summed E-state index contributed by atoms with van der Waals surface area (Å²) in [6.45, 7) is 6.37. The van der Waals surface area contributed by atoms with Gasteiger partial charge in [-0.05, 0) is 27.2 Å². The van der Waals surface area contributed by atoms with Crippen molar-refractivity contribution < 1.29 is 4.79 Å². The number of hydrogen-bond acceptors (Lipinski definition) is 5. The van der Waals surface area contributed by atoms with Gasteiger partial charge in [-0.1, -0.05) is 0 Å². The number of nitrogens with one attached hydrogen (secondary N) is 1. The topological polar surface area (TPSA) is 75.9 Å². The van der Waals surface area contributed by atoms with Gasteiger partial charge in [-0.15, -0.1) is 0 Å². The molecule has 1 saturated heterocycles. The van der Waals surface area contributed by atoms with E-state index in [1.165, 1.54) is 0 Å². The highest BCUT2D eigenvalue weighted by molar-refractivity contribution is 6.00. The second-order valence-corrected chi connectivity index (χ2v) is 5.68. The second-order valence-electron chi connectivity index (χ2n) is 5.68. The maximum absolute atomic E-state index is 12.6. The molecule has 0 aliphatic carbocycles. The largest absolute Gasteiger partial charge is 0.358 e. The number of carbonyl (C=O) groups excluding carboxylic acids is 1. The first-order chi connectivity index (χ1) is 10.4. The van der Waals surface area contributed by atoms with Gasteiger partial charge in [-0.3, -0.25) is 14.4 Å². The molecule has 1 fully saturated rings. The number of amides is 1. The molecule has 1 amide bonds. The lowest BCUT2D eigenvalue weighted by Gasteiger charge is -2.17. The van der Waals surface area contributed by atoms with E-state index in [-0.39, 0.29) is 11.9 Å². The summed E-state index contributed by atoms with van der Waals surface area (Å²) in [5.74, 6) is 2.29. The van der Waals surface area contributed by atoms with Gasteiger partial charge in [0.2, 0.25) is 0 Å². The molecule has 7 heteroatoms. The van der Waals surface area contributed by atoms with Gasteiger partial charge >= 0.3 is 0 Å². The minimum atomic E-state index is -0.260. The number of anilines is 2. The number of carbonyl (C=O) groups is 1. The van der Waals surface area contributed by atoms with Gasteiger partial charge in [0, 0.05) is 31.4 Å². The number of nitrogens with zero attached hydrogens (tertiary/aromatic N) is 5. The summed E-state index contributed by atoms with van der Waals surface area (Å²) in [6, 6.07) is 3.53. The molecule has 1 aliphatic heterocycles. The van der Waals surface area contributed by atoms with Crippen LogP contribution in [0.25, 0.3) is 0 Å². The first-order valence-corrected chi connectivity index (χ1v) is 7.35. The van der Waals surface area contributed by atoms with Crippen molar-refractivity contribution in [1.82, 2.24) is 19.7 Å². The zero-order valence-corrected chi connectivity index (χ0v) is 13.3. The number of hydrogen-bond donors (Lipinski definition) is 1. The normalized spacial score (nSPS) is 18.1. The van der Waals surface area contributed by atoms with Crippen molar-refractivity contribution >= 4 is 17.5 Å². The average Bonchev–Trinajstić information content (AvgIpc) is 2.92. The first-order valence-electron chi connectivity index (χ1n) is 7.35. The molecule has 0 bridgehead atoms. The van der Waals surface area contributed by atoms with Crippen LogP contribution in [-0.4, -0.2) is 38.2 Å². The Balaban J connectivity index is 1.77. The van der Waals surface area contributed by atoms with E-state index in [1.807, 2.05) is 40.0 Å². The Morgan fingerprint density at radius 3 is 2.59 bits per heavy atom. The molecule has 1 N–H and O–H groups in total. The predicted octanol–water partition coefficient (Wildman–Crippen LogP) is 1.35. The van der Waals surface area contributed by atoms with Crippen LogP contribution in [0, 0.1) is 20.8 Å². The van der Waals surface area contributed by atoms with Crippen molar-refractivity contribution in [3.05, 3.63) is 29.3 Å². The fourth-order valence-electron chi connectivity index (χ4n) is 2.86. The van der Waals surface area contributed by atoms with E-state index in [0.717, 1.165) is 23.6 Å². The van der Waals surface area contributed by atoms with Crippen molar-refractivity contribution in [2.75, 3.05) is 16.8 Å². The molecular formula is C15H20N6O. The van der Waals surface area contributed by atoms with E-state index in [4.69, 9.17) is 0 Å². The van der Waals surface area contributed by atoms with Gasteiger partial charge in [0.25, 0.3) is 5.91 Å². The van der Waals surface area contributed by atoms with E-state index < -0.39 is 0 Å². The summed E-state index contributed by atoms with van der Waals surface area (Å²) in [7, 11) is 1.85. The van der Waals surface area contributed by atoms with Crippen LogP contribution in [-0.2, 0) is 11.8 Å². The molecule has 116 valence electrons. The van der Waals surface area contributed by atoms with Crippen LogP contribution in [0.4, 0.5) is 11.6 Å². The Bertz CT molecular complexity index is 703. The van der Waals surface area contributed by atoms with Crippen LogP contribution in [0.2, 0.25) is 0 Å². The number of aryl methyl sites for hydroxylation is 4. The van der Waals surface area contributed by atoms with Crippen LogP contribution in [0.15, 0.2) is 12.1 Å². The molecule has 2 aromatic heterocycles. The molecule has 22 heavy (non-hydrogen) atoms. The molecule has 2 aromatic rings. The average molecular weight is 300 g/mol. The molecule has 1 atom stereocenters. The third kappa shape index (κ3) is 2.66. The van der Waals surface area contributed by atoms with Crippen LogP contribution in [0.5, 0.6) is 0 Å². The number of aromatic nitrogens is 4. The molecular weight excluding hydrogens is 280 g/mol. The monoisotopic (exact) mass is 300 g/mol. The lowest BCUT2D eigenvalue weighted by atomic mass is 10.2. The molecule has 0 spiro atoms. The van der Waals surface area contributed by atoms with Crippen LogP contribution < -0.4 is 10.2 Å². The summed E-state index contributed by atoms with van der Waals surface area (Å²) >= 11 is 0. The van der Waals surface area contributed by atoms with Crippen molar-refractivity contribution in [1.29, 1.82) is 0 Å². The molecule has 3 rings (SSSR count). The Hall–Kier alpha value is -2.44. The van der Waals surface area contributed by atoms with Crippen LogP contribution >= 0.6 is 0 Å². The van der Waals surface area contributed by atoms with E-state index >= 15 is 0 Å². The van der Waals surface area contributed by atoms with Gasteiger partial charge in [-0.25, -0.2) is 9.97 Å². The van der Waals surface area contributed by atoms with Gasteiger partial charge in [0.05, 0.1) is 5.69 Å². The maximum Gasteiger partial charge on any atom is 0.250 e. The lowest BCUT2D eigenvalue weighted by Crippen LogP contribution is -2.34. The molecule has 7 nitrogen and oxygen atoms in total. The highest BCUT2D eigenvalue weighted by Gasteiger charge is 2.34. The predicted molar refractivity (Wildman–Crippen MR) is 83.8 cm³/mol. The fraction of sp³-hybridized carbons (Fsp3) is 0.467. The third-order valence-electron chi connectivity index (χ3n) is 3.75. The standard InChI is InChI=1S/C15H20N6O/c1-9-7-13(17-11(3)16-9)18-12-5-6-21(15(12)22)14-8-10(2)19-20(14)4/h7-8,12H,5-6H2,1-4H3,(H,16,17,18). The molecule has 3 heterocycles. The summed E-state index contributed by atoms with van der Waals surface area (Å²) in [5, 5.41) is 7.53. The van der Waals surface area contributed by atoms with Gasteiger partial charge < -0.3 is 5.32 Å². The molecule has 0 saturated carbocycles. The zero-order chi connectivity index (χ0) is 15.9. The van der Waals surface area contributed by atoms with E-state index in [9.17, 15) is 4.79 Å². The Morgan fingerprint density at radius 2 is 1.95 bits per heavy atom. The maximum atomic E-state index is 12.6. The van der Waals surface area contributed by atoms with Crippen LogP contribution in [0.1, 0.15) is 23.6 Å². The minimum absolute atomic E-state index is 0.0527. The third-order valence-corrected chi connectivity index (χ3v) is 3.75. The van der Waals surface area contributed by atoms with E-state index in [1.54, 1.807) is 9.58 Å². The summed E-state index contributed by atoms with van der Waals surface area (Å²) < 4.78 is 1.74. The molecule has 0 radical (unpaired) electrons. The second kappa shape index (κ2) is 5.40. The van der Waals surface area contributed by atoms with Crippen molar-refractivity contribution in [3.63, 3.8) is 0 Å². The molecule has 1 aliphatic rings. The highest BCUT2D eigenvalue weighted by atomic mass is 16.2. The van der Waals surface area contributed by atoms with Crippen molar-refractivity contribution in [3.8, 4) is 0 Å². The smallest absolute Gasteiger partial charge is 0.250 e. The first kappa shape index (κ1) is 14.5. The quantitative estimate of drug-likeness (QED) is 0.926. The van der Waals surface area contributed by atoms with E-state index in [0.29, 0.717) is 18.2 Å². The molecule has 1 unspecified atom stereocenters. The summed E-state index contributed by atoms with van der Waals surface area (Å²) in [6.07, 6.45) is 0.741. The SMILES string of the molecule is Cc1cc(NC2CCN(c3cc(C)nn3C)C2=O)nc(C)n1. The Morgan fingerprint density at radius 1 is 1.18 bits per heavy atom. The minimum Gasteiger partial charge on any atom is -0.358 e. The highest BCUT2D eigenvalue weighted by Crippen LogP contribution is 2.23. The van der Waals surface area contributed by atoms with E-state index in [2.05, 4.69) is 20.4 Å². The fourth-order valence-corrected chi connectivity index (χ4v) is 2.86. The van der Waals surface area contributed by atoms with Crippen molar-refractivity contribution in [2.24, 2.45) is 7.05 Å². The van der Waals surface area contributed by atoms with Crippen LogP contribution in [0.3, 0.4) is 0 Å². The zero-order valence-electron chi connectivity index (χ0n) is 13.3. The van der Waals surface area contributed by atoms with Gasteiger partial charge in [0.15, 0.2) is 0 Å². The summed E-state index contributed by atoms with van der Waals surface area (Å²) in [5.41, 5.74) is 1.79. The van der Waals surface area contributed by atoms with Gasteiger partial charge in [0.1, 0.15) is 23.5 Å². The molecule has 0 aromatic carbocycles. The van der Waals surface area contributed by atoms with Crippen molar-refractivity contribution in [2.45, 2.75) is 33.2 Å².